The largest absolute Gasteiger partial charge is 0.480 e. The van der Waals surface area contributed by atoms with Crippen LogP contribution in [0.15, 0.2) is 11.0 Å². The van der Waals surface area contributed by atoms with E-state index >= 15 is 0 Å². The molecule has 1 saturated carbocycles. The summed E-state index contributed by atoms with van der Waals surface area (Å²) in [6.45, 7) is 0.134. The summed E-state index contributed by atoms with van der Waals surface area (Å²) in [4.78, 5) is 36.7. The van der Waals surface area contributed by atoms with Crippen LogP contribution in [0.1, 0.15) is 32.1 Å². The highest BCUT2D eigenvalue weighted by atomic mass is 35.5. The highest BCUT2D eigenvalue weighted by Gasteiger charge is 2.36. The predicted molar refractivity (Wildman–Crippen MR) is 98.6 cm³/mol. The van der Waals surface area contributed by atoms with E-state index in [4.69, 9.17) is 21.4 Å². The van der Waals surface area contributed by atoms with Crippen molar-refractivity contribution < 1.29 is 28.2 Å². The molecule has 1 aliphatic heterocycles. The molecule has 1 amide bonds. The lowest BCUT2D eigenvalue weighted by atomic mass is 9.92. The van der Waals surface area contributed by atoms with Gasteiger partial charge < -0.3 is 20.1 Å². The molecule has 0 aromatic carbocycles. The Balaban J connectivity index is 1.54. The molecule has 1 atom stereocenters. The lowest BCUT2D eigenvalue weighted by molar-refractivity contribution is -0.138. The van der Waals surface area contributed by atoms with E-state index in [-0.39, 0.29) is 43.3 Å². The number of anilines is 1. The molecule has 12 heteroatoms. The van der Waals surface area contributed by atoms with Gasteiger partial charge in [0.1, 0.15) is 17.7 Å². The van der Waals surface area contributed by atoms with Crippen LogP contribution >= 0.6 is 11.6 Å². The number of rotatable bonds is 5. The Bertz CT molecular complexity index is 840. The van der Waals surface area contributed by atoms with Crippen molar-refractivity contribution in [2.45, 2.75) is 56.7 Å². The molecule has 0 radical (unpaired) electrons. The Morgan fingerprint density at radius 3 is 2.69 bits per heavy atom. The van der Waals surface area contributed by atoms with Crippen LogP contribution in [0.3, 0.4) is 0 Å². The number of carbonyl (C=O) groups excluding carboxylic acids is 1. The van der Waals surface area contributed by atoms with Gasteiger partial charge in [-0.05, 0) is 12.8 Å². The number of alkyl halides is 2. The van der Waals surface area contributed by atoms with E-state index in [0.29, 0.717) is 18.7 Å². The van der Waals surface area contributed by atoms with Crippen molar-refractivity contribution in [2.24, 2.45) is 0 Å². The van der Waals surface area contributed by atoms with E-state index in [1.54, 1.807) is 4.90 Å². The molecule has 3 rings (SSSR count). The number of amides is 1. The molecule has 1 aliphatic carbocycles. The fourth-order valence-corrected chi connectivity index (χ4v) is 3.76. The van der Waals surface area contributed by atoms with Crippen LogP contribution in [0, 0.1) is 0 Å². The summed E-state index contributed by atoms with van der Waals surface area (Å²) in [5.74, 6) is -3.88. The van der Waals surface area contributed by atoms with Crippen molar-refractivity contribution in [1.29, 1.82) is 0 Å². The van der Waals surface area contributed by atoms with Gasteiger partial charge in [0.15, 0.2) is 0 Å². The van der Waals surface area contributed by atoms with Crippen molar-refractivity contribution in [1.82, 2.24) is 15.1 Å². The van der Waals surface area contributed by atoms with Crippen LogP contribution < -0.4 is 15.8 Å². The van der Waals surface area contributed by atoms with Gasteiger partial charge in [-0.3, -0.25) is 9.59 Å². The van der Waals surface area contributed by atoms with Gasteiger partial charge in [0.25, 0.3) is 5.56 Å². The topological polar surface area (TPSA) is 114 Å². The zero-order valence-corrected chi connectivity index (χ0v) is 16.2. The maximum Gasteiger partial charge on any atom is 0.407 e. The standard InChI is InChI=1S/C17H21ClF2N4O5/c18-14-12(7-21-24(15(14)27)9-13(25)26)23-6-3-11(8-23)29-16(28)22-10-1-4-17(19,20)5-2-10/h7,10-11H,1-6,8-9H2,(H,22,28)(H,25,26)/t11-/m1/s1. The van der Waals surface area contributed by atoms with Crippen molar-refractivity contribution in [3.8, 4) is 0 Å². The SMILES string of the molecule is O=C(O)Cn1ncc(N2CC[C@@H](OC(=O)NC3CCC(F)(F)CC3)C2)c(Cl)c1=O. The van der Waals surface area contributed by atoms with Crippen molar-refractivity contribution in [3.63, 3.8) is 0 Å². The fourth-order valence-electron chi connectivity index (χ4n) is 3.50. The molecule has 1 aromatic heterocycles. The Labute approximate surface area is 169 Å². The number of carbonyl (C=O) groups is 2. The van der Waals surface area contributed by atoms with Gasteiger partial charge in [0.05, 0.1) is 18.4 Å². The summed E-state index contributed by atoms with van der Waals surface area (Å²) in [5, 5.41) is 15.1. The minimum atomic E-state index is -2.67. The first-order chi connectivity index (χ1) is 13.6. The number of hydrogen-bond donors (Lipinski definition) is 2. The van der Waals surface area contributed by atoms with Crippen LogP contribution in [0.4, 0.5) is 19.3 Å². The lowest BCUT2D eigenvalue weighted by Crippen LogP contribution is -2.42. The van der Waals surface area contributed by atoms with Gasteiger partial charge in [-0.1, -0.05) is 11.6 Å². The summed E-state index contributed by atoms with van der Waals surface area (Å²) >= 11 is 6.08. The molecule has 2 fully saturated rings. The van der Waals surface area contributed by atoms with E-state index in [2.05, 4.69) is 10.4 Å². The Morgan fingerprint density at radius 1 is 1.34 bits per heavy atom. The number of halogens is 3. The predicted octanol–water partition coefficient (Wildman–Crippen LogP) is 1.86. The molecule has 1 saturated heterocycles. The second-order valence-corrected chi connectivity index (χ2v) is 7.61. The number of nitrogens with one attached hydrogen (secondary N) is 1. The smallest absolute Gasteiger partial charge is 0.407 e. The monoisotopic (exact) mass is 434 g/mol. The quantitative estimate of drug-likeness (QED) is 0.727. The maximum atomic E-state index is 13.2. The molecule has 2 aliphatic rings. The van der Waals surface area contributed by atoms with Crippen LogP contribution in [0.2, 0.25) is 5.02 Å². The first-order valence-electron chi connectivity index (χ1n) is 9.22. The Kier molecular flexibility index (Phi) is 6.25. The number of aliphatic carboxylic acids is 1. The van der Waals surface area contributed by atoms with Gasteiger partial charge in [-0.2, -0.15) is 5.10 Å². The number of nitrogens with zero attached hydrogens (tertiary/aromatic N) is 3. The number of alkyl carbamates (subject to hydrolysis) is 1. The molecule has 0 unspecified atom stereocenters. The zero-order valence-electron chi connectivity index (χ0n) is 15.4. The van der Waals surface area contributed by atoms with E-state index in [0.717, 1.165) is 4.68 Å². The highest BCUT2D eigenvalue weighted by Crippen LogP contribution is 2.33. The summed E-state index contributed by atoms with van der Waals surface area (Å²) in [6.07, 6.45) is 0.565. The number of aromatic nitrogens is 2. The summed E-state index contributed by atoms with van der Waals surface area (Å²) in [7, 11) is 0. The Morgan fingerprint density at radius 2 is 2.03 bits per heavy atom. The number of ether oxygens (including phenoxy) is 1. The van der Waals surface area contributed by atoms with E-state index < -0.39 is 36.2 Å². The molecule has 0 spiro atoms. The highest BCUT2D eigenvalue weighted by molar-refractivity contribution is 6.33. The third-order valence-electron chi connectivity index (χ3n) is 5.05. The first-order valence-corrected chi connectivity index (χ1v) is 9.60. The van der Waals surface area contributed by atoms with E-state index in [9.17, 15) is 23.2 Å². The van der Waals surface area contributed by atoms with Crippen molar-refractivity contribution in [3.05, 3.63) is 21.6 Å². The molecule has 9 nitrogen and oxygen atoms in total. The third-order valence-corrected chi connectivity index (χ3v) is 5.41. The molecule has 2 N–H and O–H groups in total. The molecular weight excluding hydrogens is 414 g/mol. The number of carboxylic acid groups (broad SMARTS) is 1. The maximum absolute atomic E-state index is 13.2. The number of hydrogen-bond acceptors (Lipinski definition) is 6. The zero-order chi connectivity index (χ0) is 21.2. The molecule has 2 heterocycles. The average molecular weight is 435 g/mol. The van der Waals surface area contributed by atoms with Crippen LogP contribution in [-0.4, -0.2) is 58.1 Å². The third kappa shape index (κ3) is 5.34. The first kappa shape index (κ1) is 21.3. The molecular formula is C17H21ClF2N4O5. The minimum absolute atomic E-state index is 0.158. The molecule has 29 heavy (non-hydrogen) atoms. The van der Waals surface area contributed by atoms with Crippen LogP contribution in [0.25, 0.3) is 0 Å². The van der Waals surface area contributed by atoms with Crippen LogP contribution in [-0.2, 0) is 16.1 Å². The van der Waals surface area contributed by atoms with Crippen molar-refractivity contribution >= 4 is 29.4 Å². The minimum Gasteiger partial charge on any atom is -0.480 e. The van der Waals surface area contributed by atoms with Gasteiger partial charge >= 0.3 is 12.1 Å². The number of carboxylic acids is 1. The van der Waals surface area contributed by atoms with E-state index in [1.165, 1.54) is 6.20 Å². The summed E-state index contributed by atoms with van der Waals surface area (Å²) < 4.78 is 32.5. The second kappa shape index (κ2) is 8.52. The lowest BCUT2D eigenvalue weighted by Gasteiger charge is -2.28. The van der Waals surface area contributed by atoms with Gasteiger partial charge in [0, 0.05) is 31.8 Å². The fraction of sp³-hybridized carbons (Fsp3) is 0.647. The van der Waals surface area contributed by atoms with Gasteiger partial charge in [0.2, 0.25) is 5.92 Å². The molecule has 0 bridgehead atoms. The second-order valence-electron chi connectivity index (χ2n) is 7.24. The van der Waals surface area contributed by atoms with Gasteiger partial charge in [-0.25, -0.2) is 18.3 Å². The normalized spacial score (nSPS) is 21.8. The van der Waals surface area contributed by atoms with E-state index in [1.807, 2.05) is 0 Å². The van der Waals surface area contributed by atoms with Gasteiger partial charge in [-0.15, -0.1) is 0 Å². The summed E-state index contributed by atoms with van der Waals surface area (Å²) in [6, 6.07) is -0.333. The van der Waals surface area contributed by atoms with Crippen LogP contribution in [0.5, 0.6) is 0 Å². The summed E-state index contributed by atoms with van der Waals surface area (Å²) in [5.41, 5.74) is -0.387. The Hall–Kier alpha value is -2.43. The molecule has 1 aromatic rings. The molecule has 160 valence electrons. The average Bonchev–Trinajstić information content (AvgIpc) is 3.08. The van der Waals surface area contributed by atoms with Crippen molar-refractivity contribution in [2.75, 3.05) is 18.0 Å².